The Morgan fingerprint density at radius 3 is 2.24 bits per heavy atom. The Balaban J connectivity index is 3.44. The van der Waals surface area contributed by atoms with Gasteiger partial charge in [0.15, 0.2) is 0 Å². The molecule has 0 aromatic heterocycles. The number of carboxylic acid groups (broad SMARTS) is 1. The van der Waals surface area contributed by atoms with Gasteiger partial charge in [-0.15, -0.1) is 0 Å². The van der Waals surface area contributed by atoms with Crippen molar-refractivity contribution in [2.75, 3.05) is 0 Å². The smallest absolute Gasteiger partial charge is 0.343 e. The van der Waals surface area contributed by atoms with Gasteiger partial charge in [0.25, 0.3) is 0 Å². The number of aromatic carboxylic acids is 1. The molecular formula is C12H16O5. The topological polar surface area (TPSA) is 98.0 Å². The molecule has 0 aliphatic rings. The SMILES string of the molecule is Cc1c([C@@H](C)[C@@H](C)O)cc(O)c(C(=O)O)c1O. The second-order valence-corrected chi connectivity index (χ2v) is 4.17. The minimum Gasteiger partial charge on any atom is -0.507 e. The zero-order valence-electron chi connectivity index (χ0n) is 9.93. The molecular weight excluding hydrogens is 224 g/mol. The van der Waals surface area contributed by atoms with Crippen molar-refractivity contribution in [1.29, 1.82) is 0 Å². The summed E-state index contributed by atoms with van der Waals surface area (Å²) in [6.07, 6.45) is -0.664. The van der Waals surface area contributed by atoms with Crippen LogP contribution in [0.3, 0.4) is 0 Å². The number of aliphatic hydroxyl groups is 1. The van der Waals surface area contributed by atoms with Crippen LogP contribution in [0.25, 0.3) is 0 Å². The van der Waals surface area contributed by atoms with Crippen LogP contribution < -0.4 is 0 Å². The van der Waals surface area contributed by atoms with E-state index in [4.69, 9.17) is 5.11 Å². The molecule has 0 saturated heterocycles. The van der Waals surface area contributed by atoms with Crippen molar-refractivity contribution in [3.63, 3.8) is 0 Å². The first kappa shape index (κ1) is 13.3. The van der Waals surface area contributed by atoms with Crippen molar-refractivity contribution in [1.82, 2.24) is 0 Å². The van der Waals surface area contributed by atoms with Crippen molar-refractivity contribution < 1.29 is 25.2 Å². The van der Waals surface area contributed by atoms with Crippen LogP contribution in [0.15, 0.2) is 6.07 Å². The predicted octanol–water partition coefficient (Wildman–Crippen LogP) is 1.59. The summed E-state index contributed by atoms with van der Waals surface area (Å²) >= 11 is 0. The second-order valence-electron chi connectivity index (χ2n) is 4.17. The lowest BCUT2D eigenvalue weighted by atomic mass is 9.90. The van der Waals surface area contributed by atoms with Gasteiger partial charge < -0.3 is 20.4 Å². The number of benzene rings is 1. The molecule has 0 fully saturated rings. The number of hydrogen-bond acceptors (Lipinski definition) is 4. The van der Waals surface area contributed by atoms with E-state index in [2.05, 4.69) is 0 Å². The van der Waals surface area contributed by atoms with Crippen molar-refractivity contribution in [2.24, 2.45) is 0 Å². The number of aliphatic hydroxyl groups excluding tert-OH is 1. The number of aromatic hydroxyl groups is 2. The Labute approximate surface area is 99.0 Å². The summed E-state index contributed by atoms with van der Waals surface area (Å²) in [5, 5.41) is 37.6. The fourth-order valence-corrected chi connectivity index (χ4v) is 1.72. The van der Waals surface area contributed by atoms with E-state index in [0.717, 1.165) is 0 Å². The molecule has 4 N–H and O–H groups in total. The first-order valence-electron chi connectivity index (χ1n) is 5.24. The summed E-state index contributed by atoms with van der Waals surface area (Å²) < 4.78 is 0. The molecule has 0 aliphatic carbocycles. The number of phenols is 2. The van der Waals surface area contributed by atoms with Crippen LogP contribution in [0.2, 0.25) is 0 Å². The molecule has 0 radical (unpaired) electrons. The van der Waals surface area contributed by atoms with E-state index in [9.17, 15) is 20.1 Å². The molecule has 5 heteroatoms. The molecule has 17 heavy (non-hydrogen) atoms. The second kappa shape index (κ2) is 4.63. The van der Waals surface area contributed by atoms with E-state index in [0.29, 0.717) is 11.1 Å². The van der Waals surface area contributed by atoms with E-state index in [-0.39, 0.29) is 5.92 Å². The van der Waals surface area contributed by atoms with Gasteiger partial charge in [-0.05, 0) is 31.0 Å². The summed E-state index contributed by atoms with van der Waals surface area (Å²) in [6.45, 7) is 4.87. The zero-order chi connectivity index (χ0) is 13.3. The predicted molar refractivity (Wildman–Crippen MR) is 61.6 cm³/mol. The molecule has 0 spiro atoms. The van der Waals surface area contributed by atoms with Crippen LogP contribution in [-0.2, 0) is 0 Å². The number of carbonyl (C=O) groups is 1. The van der Waals surface area contributed by atoms with Gasteiger partial charge in [-0.3, -0.25) is 0 Å². The standard InChI is InChI=1S/C12H16O5/c1-5(7(3)13)8-4-9(14)10(12(16)17)11(15)6(8)2/h4-5,7,13-15H,1-3H3,(H,16,17)/t5-,7+/m0/s1. The summed E-state index contributed by atoms with van der Waals surface area (Å²) in [4.78, 5) is 10.8. The van der Waals surface area contributed by atoms with Crippen molar-refractivity contribution in [3.8, 4) is 11.5 Å². The van der Waals surface area contributed by atoms with Crippen LogP contribution in [0.5, 0.6) is 11.5 Å². The lowest BCUT2D eigenvalue weighted by molar-refractivity contribution is 0.0690. The number of hydrogen-bond donors (Lipinski definition) is 4. The molecule has 0 saturated carbocycles. The molecule has 0 aliphatic heterocycles. The molecule has 0 heterocycles. The fraction of sp³-hybridized carbons (Fsp3) is 0.417. The highest BCUT2D eigenvalue weighted by Gasteiger charge is 2.23. The van der Waals surface area contributed by atoms with Gasteiger partial charge in [-0.25, -0.2) is 4.79 Å². The molecule has 2 atom stereocenters. The normalized spacial score (nSPS) is 14.4. The highest BCUT2D eigenvalue weighted by Crippen LogP contribution is 2.37. The van der Waals surface area contributed by atoms with Gasteiger partial charge in [0.2, 0.25) is 0 Å². The summed E-state index contributed by atoms with van der Waals surface area (Å²) in [5.41, 5.74) is 0.373. The summed E-state index contributed by atoms with van der Waals surface area (Å²) in [5.74, 6) is -2.66. The summed E-state index contributed by atoms with van der Waals surface area (Å²) in [7, 11) is 0. The molecule has 0 unspecified atom stereocenters. The molecule has 0 amide bonds. The quantitative estimate of drug-likeness (QED) is 0.643. The molecule has 0 bridgehead atoms. The Morgan fingerprint density at radius 2 is 1.82 bits per heavy atom. The minimum atomic E-state index is -1.39. The average molecular weight is 240 g/mol. The van der Waals surface area contributed by atoms with Crippen LogP contribution in [0.4, 0.5) is 0 Å². The number of rotatable bonds is 3. The van der Waals surface area contributed by atoms with E-state index >= 15 is 0 Å². The minimum absolute atomic E-state index is 0.311. The van der Waals surface area contributed by atoms with Crippen molar-refractivity contribution in [2.45, 2.75) is 32.8 Å². The highest BCUT2D eigenvalue weighted by molar-refractivity contribution is 5.94. The van der Waals surface area contributed by atoms with Crippen LogP contribution in [0.1, 0.15) is 41.3 Å². The van der Waals surface area contributed by atoms with Gasteiger partial charge in [0.1, 0.15) is 17.1 Å². The van der Waals surface area contributed by atoms with Crippen LogP contribution in [0, 0.1) is 6.92 Å². The maximum atomic E-state index is 10.8. The largest absolute Gasteiger partial charge is 0.507 e. The van der Waals surface area contributed by atoms with E-state index in [1.165, 1.54) is 6.07 Å². The van der Waals surface area contributed by atoms with Crippen molar-refractivity contribution in [3.05, 3.63) is 22.8 Å². The third-order valence-electron chi connectivity index (χ3n) is 3.00. The van der Waals surface area contributed by atoms with Crippen LogP contribution >= 0.6 is 0 Å². The van der Waals surface area contributed by atoms with Crippen molar-refractivity contribution >= 4 is 5.97 Å². The van der Waals surface area contributed by atoms with E-state index in [1.54, 1.807) is 20.8 Å². The third-order valence-corrected chi connectivity index (χ3v) is 3.00. The zero-order valence-corrected chi connectivity index (χ0v) is 9.93. The molecule has 1 aromatic carbocycles. The number of carboxylic acids is 1. The average Bonchev–Trinajstić information content (AvgIpc) is 2.21. The van der Waals surface area contributed by atoms with Gasteiger partial charge >= 0.3 is 5.97 Å². The Hall–Kier alpha value is -1.75. The first-order valence-corrected chi connectivity index (χ1v) is 5.24. The maximum Gasteiger partial charge on any atom is 0.343 e. The van der Waals surface area contributed by atoms with Gasteiger partial charge in [-0.2, -0.15) is 0 Å². The van der Waals surface area contributed by atoms with Gasteiger partial charge in [-0.1, -0.05) is 6.92 Å². The molecule has 5 nitrogen and oxygen atoms in total. The summed E-state index contributed by atoms with van der Waals surface area (Å²) in [6, 6.07) is 1.27. The van der Waals surface area contributed by atoms with Gasteiger partial charge in [0, 0.05) is 5.92 Å². The highest BCUT2D eigenvalue weighted by atomic mass is 16.4. The maximum absolute atomic E-state index is 10.8. The molecule has 1 aromatic rings. The Bertz CT molecular complexity index is 451. The van der Waals surface area contributed by atoms with Crippen LogP contribution in [-0.4, -0.2) is 32.5 Å². The molecule has 1 rings (SSSR count). The van der Waals surface area contributed by atoms with Gasteiger partial charge in [0.05, 0.1) is 6.10 Å². The third kappa shape index (κ3) is 2.34. The Kier molecular flexibility index (Phi) is 3.63. The van der Waals surface area contributed by atoms with E-state index in [1.807, 2.05) is 0 Å². The first-order chi connectivity index (χ1) is 7.77. The lowest BCUT2D eigenvalue weighted by Gasteiger charge is -2.19. The monoisotopic (exact) mass is 240 g/mol. The Morgan fingerprint density at radius 1 is 1.29 bits per heavy atom. The van der Waals surface area contributed by atoms with E-state index < -0.39 is 29.1 Å². The molecule has 94 valence electrons. The lowest BCUT2D eigenvalue weighted by Crippen LogP contribution is -2.13. The fourth-order valence-electron chi connectivity index (χ4n) is 1.72.